The fraction of sp³-hybridized carbons (Fsp3) is 0.174. The summed E-state index contributed by atoms with van der Waals surface area (Å²) in [5.41, 5.74) is 11.7. The summed E-state index contributed by atoms with van der Waals surface area (Å²) in [4.78, 5) is 4.56. The van der Waals surface area contributed by atoms with Gasteiger partial charge in [-0.2, -0.15) is 5.26 Å². The number of nitrogens with zero attached hydrogens (tertiary/aromatic N) is 3. The number of rotatable bonds is 4. The molecule has 2 aromatic heterocycles. The fourth-order valence-corrected chi connectivity index (χ4v) is 3.66. The van der Waals surface area contributed by atoms with Crippen LogP contribution in [0.15, 0.2) is 42.5 Å². The zero-order valence-corrected chi connectivity index (χ0v) is 17.3. The number of pyridine rings is 1. The van der Waals surface area contributed by atoms with E-state index in [9.17, 15) is 5.26 Å². The molecule has 0 bridgehead atoms. The van der Waals surface area contributed by atoms with Gasteiger partial charge in [0.2, 0.25) is 0 Å². The number of hydrogen-bond acceptors (Lipinski definition) is 5. The summed E-state index contributed by atoms with van der Waals surface area (Å²) in [6, 6.07) is 15.9. The van der Waals surface area contributed by atoms with Crippen molar-refractivity contribution in [1.82, 2.24) is 10.1 Å². The Kier molecular flexibility index (Phi) is 4.76. The number of nitriles is 1. The Balaban J connectivity index is 2.07. The van der Waals surface area contributed by atoms with E-state index in [4.69, 9.17) is 15.2 Å². The highest BCUT2D eigenvalue weighted by molar-refractivity contribution is 5.99. The van der Waals surface area contributed by atoms with Gasteiger partial charge in [0.1, 0.15) is 17.0 Å². The first kappa shape index (κ1) is 19.3. The number of nitrogens with two attached hydrogens (primary N) is 1. The number of fused-ring (bicyclic) bond motifs is 1. The zero-order chi connectivity index (χ0) is 21.4. The first-order chi connectivity index (χ1) is 14.5. The quantitative estimate of drug-likeness (QED) is 0.510. The van der Waals surface area contributed by atoms with Crippen molar-refractivity contribution in [3.63, 3.8) is 0 Å². The number of H-pyrrole nitrogens is 1. The van der Waals surface area contributed by atoms with E-state index in [0.29, 0.717) is 28.3 Å². The van der Waals surface area contributed by atoms with E-state index in [1.807, 2.05) is 61.0 Å². The smallest absolute Gasteiger partial charge is 0.359 e. The van der Waals surface area contributed by atoms with Gasteiger partial charge < -0.3 is 15.2 Å². The number of nitrogens with one attached hydrogen (secondary N) is 1. The van der Waals surface area contributed by atoms with Gasteiger partial charge in [0, 0.05) is 5.56 Å². The molecule has 0 unspecified atom stereocenters. The predicted octanol–water partition coefficient (Wildman–Crippen LogP) is 3.59. The van der Waals surface area contributed by atoms with Crippen LogP contribution in [0.4, 0.5) is 5.82 Å². The van der Waals surface area contributed by atoms with Crippen molar-refractivity contribution in [2.75, 3.05) is 20.0 Å². The van der Waals surface area contributed by atoms with Crippen LogP contribution < -0.4 is 19.9 Å². The Morgan fingerprint density at radius 2 is 1.73 bits per heavy atom. The Morgan fingerprint density at radius 1 is 1.03 bits per heavy atom. The Morgan fingerprint density at radius 3 is 2.37 bits per heavy atom. The molecule has 0 radical (unpaired) electrons. The molecule has 0 saturated carbocycles. The maximum absolute atomic E-state index is 9.85. The fourth-order valence-electron chi connectivity index (χ4n) is 3.66. The molecule has 0 spiro atoms. The number of methoxy groups -OCH3 is 2. The third-order valence-electron chi connectivity index (χ3n) is 5.15. The SMILES string of the molecule is COc1ccc(-c2c(C#N)c(N)nc3c2c(C)[nH][n+]3-c2ccc(C)cc2)cc1OC. The molecule has 0 aliphatic carbocycles. The third-order valence-corrected chi connectivity index (χ3v) is 5.15. The van der Waals surface area contributed by atoms with Gasteiger partial charge in [-0.1, -0.05) is 23.8 Å². The first-order valence-corrected chi connectivity index (χ1v) is 9.41. The predicted molar refractivity (Wildman–Crippen MR) is 115 cm³/mol. The van der Waals surface area contributed by atoms with Crippen molar-refractivity contribution in [2.45, 2.75) is 13.8 Å². The molecule has 0 saturated heterocycles. The molecule has 7 heteroatoms. The second-order valence-electron chi connectivity index (χ2n) is 7.03. The minimum atomic E-state index is 0.176. The Labute approximate surface area is 174 Å². The van der Waals surface area contributed by atoms with Crippen molar-refractivity contribution in [3.8, 4) is 34.4 Å². The number of nitrogen functional groups attached to an aromatic ring is 1. The summed E-state index contributed by atoms with van der Waals surface area (Å²) in [5.74, 6) is 1.36. The highest BCUT2D eigenvalue weighted by Crippen LogP contribution is 2.38. The molecule has 0 atom stereocenters. The number of benzene rings is 2. The first-order valence-electron chi connectivity index (χ1n) is 9.41. The number of anilines is 1. The molecule has 0 aliphatic rings. The minimum absolute atomic E-state index is 0.176. The lowest BCUT2D eigenvalue weighted by Gasteiger charge is -2.11. The molecular formula is C23H22N5O2+. The molecular weight excluding hydrogens is 378 g/mol. The van der Waals surface area contributed by atoms with Gasteiger partial charge >= 0.3 is 5.65 Å². The minimum Gasteiger partial charge on any atom is -0.493 e. The van der Waals surface area contributed by atoms with Crippen LogP contribution in [-0.4, -0.2) is 24.3 Å². The van der Waals surface area contributed by atoms with Gasteiger partial charge in [-0.15, -0.1) is 4.68 Å². The maximum Gasteiger partial charge on any atom is 0.359 e. The van der Waals surface area contributed by atoms with E-state index in [0.717, 1.165) is 27.9 Å². The van der Waals surface area contributed by atoms with E-state index in [1.54, 1.807) is 14.2 Å². The van der Waals surface area contributed by atoms with Crippen molar-refractivity contribution >= 4 is 16.9 Å². The largest absolute Gasteiger partial charge is 0.493 e. The molecule has 4 rings (SSSR count). The van der Waals surface area contributed by atoms with E-state index < -0.39 is 0 Å². The van der Waals surface area contributed by atoms with Crippen LogP contribution in [0.5, 0.6) is 11.5 Å². The third kappa shape index (κ3) is 2.99. The molecule has 2 aromatic carbocycles. The number of ether oxygens (including phenoxy) is 2. The van der Waals surface area contributed by atoms with Gasteiger partial charge in [-0.3, -0.25) is 0 Å². The summed E-state index contributed by atoms with van der Waals surface area (Å²) in [6.07, 6.45) is 0. The number of hydrogen-bond donors (Lipinski definition) is 2. The van der Waals surface area contributed by atoms with Crippen LogP contribution >= 0.6 is 0 Å². The summed E-state index contributed by atoms with van der Waals surface area (Å²) >= 11 is 0. The maximum atomic E-state index is 9.85. The number of aryl methyl sites for hydroxylation is 2. The lowest BCUT2D eigenvalue weighted by molar-refractivity contribution is -0.632. The van der Waals surface area contributed by atoms with E-state index in [-0.39, 0.29) is 5.82 Å². The molecule has 30 heavy (non-hydrogen) atoms. The zero-order valence-electron chi connectivity index (χ0n) is 17.3. The van der Waals surface area contributed by atoms with Crippen LogP contribution in [0, 0.1) is 25.2 Å². The van der Waals surface area contributed by atoms with E-state index in [1.165, 1.54) is 0 Å². The number of aromatic amines is 1. The van der Waals surface area contributed by atoms with Crippen molar-refractivity contribution in [2.24, 2.45) is 0 Å². The highest BCUT2D eigenvalue weighted by atomic mass is 16.5. The van der Waals surface area contributed by atoms with E-state index in [2.05, 4.69) is 16.2 Å². The highest BCUT2D eigenvalue weighted by Gasteiger charge is 2.28. The van der Waals surface area contributed by atoms with Crippen LogP contribution in [0.25, 0.3) is 27.8 Å². The molecule has 7 nitrogen and oxygen atoms in total. The topological polar surface area (TPSA) is 101 Å². The van der Waals surface area contributed by atoms with Crippen LogP contribution in [-0.2, 0) is 0 Å². The van der Waals surface area contributed by atoms with Crippen molar-refractivity contribution < 1.29 is 14.2 Å². The average molecular weight is 400 g/mol. The number of aromatic nitrogens is 3. The van der Waals surface area contributed by atoms with Gasteiger partial charge in [0.15, 0.2) is 17.2 Å². The molecule has 2 heterocycles. The molecule has 4 aromatic rings. The van der Waals surface area contributed by atoms with Crippen LogP contribution in [0.1, 0.15) is 16.8 Å². The van der Waals surface area contributed by atoms with E-state index >= 15 is 0 Å². The van der Waals surface area contributed by atoms with Gasteiger partial charge in [-0.25, -0.2) is 5.10 Å². The monoisotopic (exact) mass is 400 g/mol. The van der Waals surface area contributed by atoms with Crippen LogP contribution in [0.2, 0.25) is 0 Å². The van der Waals surface area contributed by atoms with Crippen LogP contribution in [0.3, 0.4) is 0 Å². The van der Waals surface area contributed by atoms with Gasteiger partial charge in [0.25, 0.3) is 5.82 Å². The summed E-state index contributed by atoms with van der Waals surface area (Å²) in [5, 5.41) is 14.0. The molecule has 150 valence electrons. The Bertz CT molecular complexity index is 1300. The van der Waals surface area contributed by atoms with Gasteiger partial charge in [0.05, 0.1) is 19.9 Å². The lowest BCUT2D eigenvalue weighted by atomic mass is 9.96. The molecule has 3 N–H and O–H groups in total. The summed E-state index contributed by atoms with van der Waals surface area (Å²) in [6.45, 7) is 3.99. The second kappa shape index (κ2) is 7.41. The molecule has 0 aliphatic heterocycles. The summed E-state index contributed by atoms with van der Waals surface area (Å²) in [7, 11) is 3.16. The summed E-state index contributed by atoms with van der Waals surface area (Å²) < 4.78 is 12.7. The second-order valence-corrected chi connectivity index (χ2v) is 7.03. The standard InChI is InChI=1S/C23H21N5O2/c1-13-5-8-16(9-6-13)28-23-20(14(2)27-28)21(17(12-24)22(25)26-23)15-7-10-18(29-3)19(11-15)30-4/h5-11H,1-4H3,(H2,25,26,27)/p+1. The Hall–Kier alpha value is -4.05. The molecule has 0 fully saturated rings. The average Bonchev–Trinajstić information content (AvgIpc) is 3.08. The van der Waals surface area contributed by atoms with Gasteiger partial charge in [-0.05, 0) is 48.7 Å². The normalized spacial score (nSPS) is 10.8. The lowest BCUT2D eigenvalue weighted by Crippen LogP contribution is -2.33. The van der Waals surface area contributed by atoms with Crippen molar-refractivity contribution in [1.29, 1.82) is 5.26 Å². The molecule has 0 amide bonds. The van der Waals surface area contributed by atoms with Crippen molar-refractivity contribution in [3.05, 3.63) is 59.3 Å².